The molecule has 1 aromatic carbocycles. The Morgan fingerprint density at radius 3 is 2.48 bits per heavy atom. The van der Waals surface area contributed by atoms with Gasteiger partial charge in [0.05, 0.1) is 0 Å². The summed E-state index contributed by atoms with van der Waals surface area (Å²) in [5.41, 5.74) is 1.41. The van der Waals surface area contributed by atoms with E-state index in [0.29, 0.717) is 0 Å². The van der Waals surface area contributed by atoms with Crippen molar-refractivity contribution >= 4 is 6.03 Å². The maximum Gasteiger partial charge on any atom is 0.317 e. The smallest absolute Gasteiger partial charge is 0.317 e. The van der Waals surface area contributed by atoms with Crippen LogP contribution in [0.3, 0.4) is 0 Å². The summed E-state index contributed by atoms with van der Waals surface area (Å²) in [4.78, 5) is 20.0. The molecule has 0 saturated carbocycles. The molecule has 0 aliphatic carbocycles. The number of likely N-dealkylation sites (tertiary alicyclic amines) is 3. The third-order valence-corrected chi connectivity index (χ3v) is 7.36. The van der Waals surface area contributed by atoms with E-state index >= 15 is 0 Å². The van der Waals surface area contributed by atoms with Gasteiger partial charge in [-0.15, -0.1) is 0 Å². The lowest BCUT2D eigenvalue weighted by atomic mass is 9.96. The second kappa shape index (κ2) is 9.48. The molecule has 2 amide bonds. The topological polar surface area (TPSA) is 38.8 Å². The molecule has 1 atom stereocenters. The lowest BCUT2D eigenvalue weighted by Gasteiger charge is -2.37. The molecule has 160 valence electrons. The van der Waals surface area contributed by atoms with Gasteiger partial charge in [-0.05, 0) is 76.6 Å². The normalized spacial score (nSPS) is 26.9. The number of hydrogen-bond donors (Lipinski definition) is 1. The fourth-order valence-electron chi connectivity index (χ4n) is 5.38. The van der Waals surface area contributed by atoms with Crippen molar-refractivity contribution in [2.24, 2.45) is 5.92 Å². The van der Waals surface area contributed by atoms with Gasteiger partial charge in [0.15, 0.2) is 0 Å². The highest BCUT2D eigenvalue weighted by Gasteiger charge is 2.37. The van der Waals surface area contributed by atoms with Crippen LogP contribution in [0.25, 0.3) is 0 Å². The lowest BCUT2D eigenvalue weighted by Crippen LogP contribution is -2.53. The summed E-state index contributed by atoms with van der Waals surface area (Å²) in [7, 11) is 0. The molecule has 3 saturated heterocycles. The molecule has 5 nitrogen and oxygen atoms in total. The van der Waals surface area contributed by atoms with E-state index in [4.69, 9.17) is 0 Å². The first kappa shape index (κ1) is 20.7. The summed E-state index contributed by atoms with van der Waals surface area (Å²) in [6.45, 7) is 10.7. The zero-order valence-corrected chi connectivity index (χ0v) is 18.1. The standard InChI is InChI=1S/C24H38N4O/c1-24(12-7-15-28(24)19-21-8-3-2-4-9-21)20-25-23(29)27-16-10-22(11-17-27)18-26-13-5-6-14-26/h2-4,8-9,22H,5-7,10-20H2,1H3,(H,25,29). The van der Waals surface area contributed by atoms with Crippen molar-refractivity contribution in [3.63, 3.8) is 0 Å². The number of carbonyl (C=O) groups excluding carboxylic acids is 1. The summed E-state index contributed by atoms with van der Waals surface area (Å²) in [5, 5.41) is 3.27. The van der Waals surface area contributed by atoms with Gasteiger partial charge in [0.2, 0.25) is 0 Å². The molecular weight excluding hydrogens is 360 g/mol. The van der Waals surface area contributed by atoms with Gasteiger partial charge in [0.25, 0.3) is 0 Å². The third kappa shape index (κ3) is 5.32. The van der Waals surface area contributed by atoms with Crippen LogP contribution in [-0.2, 0) is 6.54 Å². The Morgan fingerprint density at radius 2 is 1.76 bits per heavy atom. The van der Waals surface area contributed by atoms with Crippen molar-refractivity contribution in [1.82, 2.24) is 20.0 Å². The van der Waals surface area contributed by atoms with Crippen molar-refractivity contribution in [3.05, 3.63) is 35.9 Å². The fraction of sp³-hybridized carbons (Fsp3) is 0.708. The zero-order valence-electron chi connectivity index (χ0n) is 18.1. The predicted octanol–water partition coefficient (Wildman–Crippen LogP) is 3.56. The molecule has 1 unspecified atom stereocenters. The monoisotopic (exact) mass is 398 g/mol. The first-order valence-corrected chi connectivity index (χ1v) is 11.7. The molecule has 3 aliphatic rings. The molecular formula is C24H38N4O. The molecule has 4 rings (SSSR count). The molecule has 29 heavy (non-hydrogen) atoms. The molecule has 1 N–H and O–H groups in total. The number of piperidine rings is 1. The second-order valence-corrected chi connectivity index (χ2v) is 9.60. The molecule has 0 spiro atoms. The number of benzene rings is 1. The van der Waals surface area contributed by atoms with E-state index in [9.17, 15) is 4.79 Å². The van der Waals surface area contributed by atoms with Crippen LogP contribution >= 0.6 is 0 Å². The molecule has 5 heteroatoms. The van der Waals surface area contributed by atoms with E-state index in [1.165, 1.54) is 44.5 Å². The van der Waals surface area contributed by atoms with Gasteiger partial charge in [-0.1, -0.05) is 30.3 Å². The van der Waals surface area contributed by atoms with E-state index in [0.717, 1.165) is 57.9 Å². The summed E-state index contributed by atoms with van der Waals surface area (Å²) >= 11 is 0. The minimum Gasteiger partial charge on any atom is -0.336 e. The minimum atomic E-state index is 0.0551. The van der Waals surface area contributed by atoms with Crippen LogP contribution < -0.4 is 5.32 Å². The van der Waals surface area contributed by atoms with Crippen molar-refractivity contribution in [2.75, 3.05) is 45.8 Å². The molecule has 3 fully saturated rings. The van der Waals surface area contributed by atoms with E-state index < -0.39 is 0 Å². The number of amides is 2. The van der Waals surface area contributed by atoms with Crippen molar-refractivity contribution in [2.45, 2.75) is 57.5 Å². The van der Waals surface area contributed by atoms with Gasteiger partial charge >= 0.3 is 6.03 Å². The quantitative estimate of drug-likeness (QED) is 0.796. The van der Waals surface area contributed by atoms with Gasteiger partial charge in [0.1, 0.15) is 0 Å². The molecule has 1 aromatic rings. The van der Waals surface area contributed by atoms with Gasteiger partial charge in [-0.25, -0.2) is 4.79 Å². The maximum absolute atomic E-state index is 12.8. The van der Waals surface area contributed by atoms with Gasteiger partial charge in [0, 0.05) is 38.3 Å². The Balaban J connectivity index is 1.22. The number of rotatable bonds is 6. The molecule has 0 radical (unpaired) electrons. The number of carbonyl (C=O) groups is 1. The van der Waals surface area contributed by atoms with Crippen molar-refractivity contribution < 1.29 is 4.79 Å². The Kier molecular flexibility index (Phi) is 6.76. The molecule has 3 heterocycles. The average Bonchev–Trinajstić information content (AvgIpc) is 3.38. The number of nitrogens with zero attached hydrogens (tertiary/aromatic N) is 3. The number of nitrogens with one attached hydrogen (secondary N) is 1. The van der Waals surface area contributed by atoms with E-state index in [2.05, 4.69) is 52.4 Å². The van der Waals surface area contributed by atoms with E-state index in [-0.39, 0.29) is 11.6 Å². The fourth-order valence-corrected chi connectivity index (χ4v) is 5.38. The first-order chi connectivity index (χ1) is 14.1. The van der Waals surface area contributed by atoms with E-state index in [1.54, 1.807) is 0 Å². The lowest BCUT2D eigenvalue weighted by molar-refractivity contribution is 0.130. The number of urea groups is 1. The summed E-state index contributed by atoms with van der Waals surface area (Å²) in [6, 6.07) is 10.8. The van der Waals surface area contributed by atoms with Crippen LogP contribution in [0.2, 0.25) is 0 Å². The maximum atomic E-state index is 12.8. The largest absolute Gasteiger partial charge is 0.336 e. The highest BCUT2D eigenvalue weighted by Crippen LogP contribution is 2.30. The Labute approximate surface area is 176 Å². The molecule has 3 aliphatic heterocycles. The van der Waals surface area contributed by atoms with Crippen molar-refractivity contribution in [3.8, 4) is 0 Å². The Morgan fingerprint density at radius 1 is 1.03 bits per heavy atom. The van der Waals surface area contributed by atoms with Crippen LogP contribution in [0, 0.1) is 5.92 Å². The van der Waals surface area contributed by atoms with Gasteiger partial charge < -0.3 is 15.1 Å². The SMILES string of the molecule is CC1(CNC(=O)N2CCC(CN3CCCC3)CC2)CCCN1Cc1ccccc1. The van der Waals surface area contributed by atoms with Crippen LogP contribution in [0.5, 0.6) is 0 Å². The average molecular weight is 399 g/mol. The summed E-state index contributed by atoms with van der Waals surface area (Å²) in [5.74, 6) is 0.769. The molecule has 0 bridgehead atoms. The molecule has 0 aromatic heterocycles. The van der Waals surface area contributed by atoms with E-state index in [1.807, 2.05) is 4.90 Å². The summed E-state index contributed by atoms with van der Waals surface area (Å²) in [6.07, 6.45) is 7.39. The second-order valence-electron chi connectivity index (χ2n) is 9.60. The van der Waals surface area contributed by atoms with Crippen LogP contribution in [0.15, 0.2) is 30.3 Å². The van der Waals surface area contributed by atoms with Crippen LogP contribution in [0.1, 0.15) is 51.0 Å². The third-order valence-electron chi connectivity index (χ3n) is 7.36. The Hall–Kier alpha value is -1.59. The van der Waals surface area contributed by atoms with Gasteiger partial charge in [-0.2, -0.15) is 0 Å². The highest BCUT2D eigenvalue weighted by molar-refractivity contribution is 5.74. The number of hydrogen-bond acceptors (Lipinski definition) is 3. The van der Waals surface area contributed by atoms with Crippen LogP contribution in [0.4, 0.5) is 4.79 Å². The highest BCUT2D eigenvalue weighted by atomic mass is 16.2. The Bertz CT molecular complexity index is 652. The van der Waals surface area contributed by atoms with Gasteiger partial charge in [-0.3, -0.25) is 4.90 Å². The zero-order chi connectivity index (χ0) is 20.1. The van der Waals surface area contributed by atoms with Crippen LogP contribution in [-0.4, -0.2) is 72.1 Å². The summed E-state index contributed by atoms with van der Waals surface area (Å²) < 4.78 is 0. The first-order valence-electron chi connectivity index (χ1n) is 11.7. The predicted molar refractivity (Wildman–Crippen MR) is 118 cm³/mol. The minimum absolute atomic E-state index is 0.0551. The van der Waals surface area contributed by atoms with Crippen molar-refractivity contribution in [1.29, 1.82) is 0 Å².